The average molecular weight is 264 g/mol. The van der Waals surface area contributed by atoms with Crippen LogP contribution in [0.1, 0.15) is 29.3 Å². The van der Waals surface area contributed by atoms with E-state index in [1.54, 1.807) is 6.07 Å². The van der Waals surface area contributed by atoms with Crippen molar-refractivity contribution in [1.82, 2.24) is 4.90 Å². The minimum Gasteiger partial charge on any atom is -0.465 e. The summed E-state index contributed by atoms with van der Waals surface area (Å²) in [4.78, 5) is 13.2. The van der Waals surface area contributed by atoms with Crippen molar-refractivity contribution in [3.8, 4) is 6.07 Å². The van der Waals surface area contributed by atoms with Crippen LogP contribution in [0.3, 0.4) is 0 Å². The number of nitrogens with zero attached hydrogens (tertiary/aromatic N) is 2. The van der Waals surface area contributed by atoms with E-state index < -0.39 is 11.8 Å². The molecule has 4 nitrogen and oxygen atoms in total. The molecule has 0 spiro atoms. The molecular formula is C14H17FN2O2. The maximum Gasteiger partial charge on any atom is 0.340 e. The predicted molar refractivity (Wildman–Crippen MR) is 68.9 cm³/mol. The molecular weight excluding hydrogens is 247 g/mol. The first-order valence-corrected chi connectivity index (χ1v) is 5.93. The van der Waals surface area contributed by atoms with E-state index in [-0.39, 0.29) is 11.6 Å². The zero-order valence-electron chi connectivity index (χ0n) is 11.3. The minimum absolute atomic E-state index is 0.0704. The van der Waals surface area contributed by atoms with Crippen LogP contribution in [0.15, 0.2) is 18.2 Å². The topological polar surface area (TPSA) is 53.3 Å². The van der Waals surface area contributed by atoms with Crippen LogP contribution >= 0.6 is 0 Å². The van der Waals surface area contributed by atoms with Crippen LogP contribution in [0.25, 0.3) is 0 Å². The molecule has 0 bridgehead atoms. The number of esters is 1. The molecule has 19 heavy (non-hydrogen) atoms. The normalized spacial score (nSPS) is 12.0. The van der Waals surface area contributed by atoms with Gasteiger partial charge >= 0.3 is 5.97 Å². The van der Waals surface area contributed by atoms with Gasteiger partial charge in [0.05, 0.1) is 25.2 Å². The number of halogens is 1. The minimum atomic E-state index is -0.685. The standard InChI is InChI=1S/C14H17FN2O2/c1-10(6-7-16)17(2)9-11-4-5-12(13(15)8-11)14(18)19-3/h4-5,8,10H,6,9H2,1-3H3. The summed E-state index contributed by atoms with van der Waals surface area (Å²) in [5.74, 6) is -1.28. The van der Waals surface area contributed by atoms with E-state index in [1.807, 2.05) is 18.9 Å². The first kappa shape index (κ1) is 15.1. The second-order valence-corrected chi connectivity index (χ2v) is 4.43. The fraction of sp³-hybridized carbons (Fsp3) is 0.429. The third kappa shape index (κ3) is 4.04. The summed E-state index contributed by atoms with van der Waals surface area (Å²) in [6, 6.07) is 6.61. The van der Waals surface area contributed by atoms with Crippen LogP contribution in [-0.2, 0) is 11.3 Å². The van der Waals surface area contributed by atoms with Crippen LogP contribution in [-0.4, -0.2) is 31.1 Å². The summed E-state index contributed by atoms with van der Waals surface area (Å²) in [5.41, 5.74) is 0.677. The quantitative estimate of drug-likeness (QED) is 0.766. The van der Waals surface area contributed by atoms with Gasteiger partial charge in [-0.1, -0.05) is 6.07 Å². The number of carbonyl (C=O) groups is 1. The third-order valence-electron chi connectivity index (χ3n) is 3.01. The first-order valence-electron chi connectivity index (χ1n) is 5.93. The summed E-state index contributed by atoms with van der Waals surface area (Å²) in [6.45, 7) is 2.45. The Kier molecular flexibility index (Phi) is 5.46. The van der Waals surface area contributed by atoms with Gasteiger partial charge in [0.25, 0.3) is 0 Å². The number of methoxy groups -OCH3 is 1. The maximum absolute atomic E-state index is 13.7. The summed E-state index contributed by atoms with van der Waals surface area (Å²) in [7, 11) is 3.08. The van der Waals surface area contributed by atoms with Crippen LogP contribution in [0.5, 0.6) is 0 Å². The number of ether oxygens (including phenoxy) is 1. The smallest absolute Gasteiger partial charge is 0.340 e. The van der Waals surface area contributed by atoms with Crippen molar-refractivity contribution in [2.45, 2.75) is 25.9 Å². The summed E-state index contributed by atoms with van der Waals surface area (Å²) in [5, 5.41) is 8.63. The highest BCUT2D eigenvalue weighted by Crippen LogP contribution is 2.14. The van der Waals surface area contributed by atoms with Gasteiger partial charge in [-0.25, -0.2) is 9.18 Å². The second kappa shape index (κ2) is 6.86. The Bertz CT molecular complexity index is 497. The number of nitriles is 1. The second-order valence-electron chi connectivity index (χ2n) is 4.43. The molecule has 0 saturated heterocycles. The molecule has 1 aromatic carbocycles. The van der Waals surface area contributed by atoms with E-state index in [9.17, 15) is 9.18 Å². The van der Waals surface area contributed by atoms with Crippen molar-refractivity contribution in [3.63, 3.8) is 0 Å². The lowest BCUT2D eigenvalue weighted by atomic mass is 10.1. The molecule has 1 rings (SSSR count). The lowest BCUT2D eigenvalue weighted by Gasteiger charge is -2.22. The summed E-state index contributed by atoms with van der Waals surface area (Å²) in [6.07, 6.45) is 0.416. The van der Waals surface area contributed by atoms with Gasteiger partial charge in [-0.15, -0.1) is 0 Å². The molecule has 0 aliphatic rings. The van der Waals surface area contributed by atoms with Crippen LogP contribution in [0.4, 0.5) is 4.39 Å². The molecule has 0 saturated carbocycles. The molecule has 1 aromatic rings. The molecule has 0 fully saturated rings. The fourth-order valence-electron chi connectivity index (χ4n) is 1.66. The number of hydrogen-bond donors (Lipinski definition) is 0. The molecule has 0 aliphatic carbocycles. The van der Waals surface area contributed by atoms with Crippen molar-refractivity contribution in [2.24, 2.45) is 0 Å². The Balaban J connectivity index is 2.79. The highest BCUT2D eigenvalue weighted by Gasteiger charge is 2.14. The lowest BCUT2D eigenvalue weighted by molar-refractivity contribution is 0.0595. The van der Waals surface area contributed by atoms with Gasteiger partial charge < -0.3 is 4.74 Å². The number of carbonyl (C=O) groups excluding carboxylic acids is 1. The van der Waals surface area contributed by atoms with Crippen molar-refractivity contribution in [2.75, 3.05) is 14.2 Å². The van der Waals surface area contributed by atoms with E-state index >= 15 is 0 Å². The monoisotopic (exact) mass is 264 g/mol. The average Bonchev–Trinajstić information content (AvgIpc) is 2.38. The Morgan fingerprint density at radius 3 is 2.79 bits per heavy atom. The van der Waals surface area contributed by atoms with Crippen molar-refractivity contribution in [3.05, 3.63) is 35.1 Å². The molecule has 0 aromatic heterocycles. The Morgan fingerprint density at radius 1 is 1.58 bits per heavy atom. The van der Waals surface area contributed by atoms with Crippen LogP contribution < -0.4 is 0 Å². The molecule has 0 heterocycles. The van der Waals surface area contributed by atoms with Gasteiger partial charge in [0.2, 0.25) is 0 Å². The Hall–Kier alpha value is -1.93. The maximum atomic E-state index is 13.7. The van der Waals surface area contributed by atoms with Gasteiger partial charge in [-0.2, -0.15) is 5.26 Å². The first-order chi connectivity index (χ1) is 8.99. The zero-order valence-corrected chi connectivity index (χ0v) is 11.3. The number of rotatable bonds is 5. The molecule has 0 aliphatic heterocycles. The lowest BCUT2D eigenvalue weighted by Crippen LogP contribution is -2.28. The SMILES string of the molecule is COC(=O)c1ccc(CN(C)C(C)CC#N)cc1F. The molecule has 0 amide bonds. The zero-order chi connectivity index (χ0) is 14.4. The molecule has 1 atom stereocenters. The van der Waals surface area contributed by atoms with Crippen LogP contribution in [0, 0.1) is 17.1 Å². The number of benzene rings is 1. The van der Waals surface area contributed by atoms with Crippen molar-refractivity contribution >= 4 is 5.97 Å². The third-order valence-corrected chi connectivity index (χ3v) is 3.01. The van der Waals surface area contributed by atoms with Crippen LogP contribution in [0.2, 0.25) is 0 Å². The highest BCUT2D eigenvalue weighted by molar-refractivity contribution is 5.89. The van der Waals surface area contributed by atoms with E-state index in [0.29, 0.717) is 13.0 Å². The molecule has 0 radical (unpaired) electrons. The van der Waals surface area contributed by atoms with E-state index in [4.69, 9.17) is 5.26 Å². The van der Waals surface area contributed by atoms with Gasteiger partial charge in [0.15, 0.2) is 0 Å². The molecule has 1 unspecified atom stereocenters. The van der Waals surface area contributed by atoms with Crippen molar-refractivity contribution < 1.29 is 13.9 Å². The van der Waals surface area contributed by atoms with Crippen molar-refractivity contribution in [1.29, 1.82) is 5.26 Å². The van der Waals surface area contributed by atoms with E-state index in [0.717, 1.165) is 5.56 Å². The van der Waals surface area contributed by atoms with Gasteiger partial charge in [-0.3, -0.25) is 4.90 Å². The summed E-state index contributed by atoms with van der Waals surface area (Å²) >= 11 is 0. The Morgan fingerprint density at radius 2 is 2.26 bits per heavy atom. The van der Waals surface area contributed by atoms with Gasteiger partial charge in [0, 0.05) is 12.6 Å². The van der Waals surface area contributed by atoms with Gasteiger partial charge in [-0.05, 0) is 31.7 Å². The number of hydrogen-bond acceptors (Lipinski definition) is 4. The van der Waals surface area contributed by atoms with Gasteiger partial charge in [0.1, 0.15) is 5.82 Å². The van der Waals surface area contributed by atoms with E-state index in [2.05, 4.69) is 10.8 Å². The highest BCUT2D eigenvalue weighted by atomic mass is 19.1. The fourth-order valence-corrected chi connectivity index (χ4v) is 1.66. The molecule has 0 N–H and O–H groups in total. The Labute approximate surface area is 112 Å². The summed E-state index contributed by atoms with van der Waals surface area (Å²) < 4.78 is 18.2. The van der Waals surface area contributed by atoms with E-state index in [1.165, 1.54) is 19.2 Å². The molecule has 102 valence electrons. The molecule has 5 heteroatoms. The predicted octanol–water partition coefficient (Wildman–Crippen LogP) is 2.35. The largest absolute Gasteiger partial charge is 0.465 e.